The molecule has 1 atom stereocenters. The maximum absolute atomic E-state index is 12.5. The SMILES string of the molecule is CCOC(=O)Oc1ccc(C(=O)NCc2ccc(NC(=O)C3CC(=O)N(C(C)C)C3)cc2)cc1. The van der Waals surface area contributed by atoms with Gasteiger partial charge in [-0.05, 0) is 62.7 Å². The van der Waals surface area contributed by atoms with E-state index in [1.165, 1.54) is 12.1 Å². The summed E-state index contributed by atoms with van der Waals surface area (Å²) in [5.41, 5.74) is 1.91. The first-order valence-electron chi connectivity index (χ1n) is 11.2. The molecule has 0 aromatic heterocycles. The van der Waals surface area contributed by atoms with Gasteiger partial charge >= 0.3 is 6.16 Å². The molecule has 2 aromatic carbocycles. The van der Waals surface area contributed by atoms with Gasteiger partial charge in [0, 0.05) is 36.8 Å². The summed E-state index contributed by atoms with van der Waals surface area (Å²) >= 11 is 0. The molecule has 9 nitrogen and oxygen atoms in total. The predicted molar refractivity (Wildman–Crippen MR) is 125 cm³/mol. The van der Waals surface area contributed by atoms with Crippen molar-refractivity contribution in [1.82, 2.24) is 10.2 Å². The highest BCUT2D eigenvalue weighted by Crippen LogP contribution is 2.22. The summed E-state index contributed by atoms with van der Waals surface area (Å²) in [4.78, 5) is 50.0. The average Bonchev–Trinajstić information content (AvgIpc) is 3.21. The first-order valence-corrected chi connectivity index (χ1v) is 11.2. The van der Waals surface area contributed by atoms with E-state index in [1.54, 1.807) is 36.1 Å². The number of nitrogens with one attached hydrogen (secondary N) is 2. The molecule has 1 aliphatic heterocycles. The average molecular weight is 468 g/mol. The van der Waals surface area contributed by atoms with Crippen molar-refractivity contribution in [2.24, 2.45) is 5.92 Å². The normalized spacial score (nSPS) is 15.2. The maximum atomic E-state index is 12.5. The Morgan fingerprint density at radius 1 is 1.06 bits per heavy atom. The van der Waals surface area contributed by atoms with Crippen molar-refractivity contribution in [2.45, 2.75) is 39.8 Å². The monoisotopic (exact) mass is 467 g/mol. The third kappa shape index (κ3) is 6.57. The molecule has 0 bridgehead atoms. The van der Waals surface area contributed by atoms with E-state index in [4.69, 9.17) is 9.47 Å². The van der Waals surface area contributed by atoms with E-state index in [0.29, 0.717) is 24.3 Å². The van der Waals surface area contributed by atoms with Gasteiger partial charge in [-0.25, -0.2) is 4.79 Å². The summed E-state index contributed by atoms with van der Waals surface area (Å²) in [6.45, 7) is 6.50. The van der Waals surface area contributed by atoms with E-state index >= 15 is 0 Å². The van der Waals surface area contributed by atoms with Crippen LogP contribution in [0.2, 0.25) is 0 Å². The van der Waals surface area contributed by atoms with Crippen LogP contribution in [0.5, 0.6) is 5.75 Å². The topological polar surface area (TPSA) is 114 Å². The van der Waals surface area contributed by atoms with E-state index < -0.39 is 6.16 Å². The maximum Gasteiger partial charge on any atom is 0.513 e. The number of rotatable bonds is 8. The molecular weight excluding hydrogens is 438 g/mol. The van der Waals surface area contributed by atoms with Crippen LogP contribution in [0, 0.1) is 5.92 Å². The van der Waals surface area contributed by atoms with Crippen molar-refractivity contribution in [2.75, 3.05) is 18.5 Å². The number of ether oxygens (including phenoxy) is 2. The van der Waals surface area contributed by atoms with Crippen LogP contribution in [0.15, 0.2) is 48.5 Å². The van der Waals surface area contributed by atoms with Crippen LogP contribution >= 0.6 is 0 Å². The lowest BCUT2D eigenvalue weighted by molar-refractivity contribution is -0.129. The second kappa shape index (κ2) is 11.3. The van der Waals surface area contributed by atoms with Crippen molar-refractivity contribution in [1.29, 1.82) is 0 Å². The van der Waals surface area contributed by atoms with Crippen molar-refractivity contribution in [3.63, 3.8) is 0 Å². The molecule has 3 amide bonds. The molecule has 1 unspecified atom stereocenters. The van der Waals surface area contributed by atoms with Crippen molar-refractivity contribution in [3.8, 4) is 5.75 Å². The molecule has 34 heavy (non-hydrogen) atoms. The van der Waals surface area contributed by atoms with Gasteiger partial charge in [0.25, 0.3) is 5.91 Å². The number of carbonyl (C=O) groups excluding carboxylic acids is 4. The zero-order valence-corrected chi connectivity index (χ0v) is 19.5. The van der Waals surface area contributed by atoms with Gasteiger partial charge in [0.15, 0.2) is 0 Å². The number of amides is 3. The fraction of sp³-hybridized carbons (Fsp3) is 0.360. The highest BCUT2D eigenvalue weighted by atomic mass is 16.7. The van der Waals surface area contributed by atoms with E-state index in [0.717, 1.165) is 5.56 Å². The minimum atomic E-state index is -0.798. The Morgan fingerprint density at radius 2 is 1.74 bits per heavy atom. The molecule has 1 saturated heterocycles. The molecule has 0 saturated carbocycles. The molecule has 2 aromatic rings. The molecular formula is C25H29N3O6. The highest BCUT2D eigenvalue weighted by molar-refractivity contribution is 5.97. The van der Waals surface area contributed by atoms with E-state index in [9.17, 15) is 19.2 Å². The quantitative estimate of drug-likeness (QED) is 0.455. The molecule has 3 rings (SSSR count). The molecule has 0 spiro atoms. The standard InChI is InChI=1S/C25H29N3O6/c1-4-33-25(32)34-21-11-7-18(8-12-21)23(30)26-14-17-5-9-20(10-6-17)27-24(31)19-13-22(29)28(15-19)16(2)3/h5-12,16,19H,4,13-15H2,1-3H3,(H,26,30)(H,27,31). The van der Waals surface area contributed by atoms with Gasteiger partial charge in [-0.3, -0.25) is 14.4 Å². The number of likely N-dealkylation sites (tertiary alicyclic amines) is 1. The molecule has 0 radical (unpaired) electrons. The Labute approximate surface area is 198 Å². The number of hydrogen-bond acceptors (Lipinski definition) is 6. The fourth-order valence-electron chi connectivity index (χ4n) is 3.56. The van der Waals surface area contributed by atoms with E-state index in [1.807, 2.05) is 26.0 Å². The Bertz CT molecular complexity index is 1030. The number of nitrogens with zero attached hydrogens (tertiary/aromatic N) is 1. The lowest BCUT2D eigenvalue weighted by Gasteiger charge is -2.20. The summed E-state index contributed by atoms with van der Waals surface area (Å²) in [6.07, 6.45) is -0.571. The third-order valence-corrected chi connectivity index (χ3v) is 5.41. The minimum Gasteiger partial charge on any atom is -0.434 e. The molecule has 180 valence electrons. The van der Waals surface area contributed by atoms with Crippen molar-refractivity contribution < 1.29 is 28.7 Å². The molecule has 1 fully saturated rings. The fourth-order valence-corrected chi connectivity index (χ4v) is 3.56. The molecule has 9 heteroatoms. The van der Waals surface area contributed by atoms with Crippen LogP contribution in [0.4, 0.5) is 10.5 Å². The van der Waals surface area contributed by atoms with Crippen molar-refractivity contribution >= 4 is 29.6 Å². The molecule has 1 aliphatic rings. The van der Waals surface area contributed by atoms with Crippen LogP contribution in [0.1, 0.15) is 43.1 Å². The van der Waals surface area contributed by atoms with E-state index in [-0.39, 0.29) is 48.5 Å². The zero-order valence-electron chi connectivity index (χ0n) is 19.5. The first kappa shape index (κ1) is 24.8. The Hall–Kier alpha value is -3.88. The van der Waals surface area contributed by atoms with Gasteiger partial charge < -0.3 is 25.0 Å². The largest absolute Gasteiger partial charge is 0.513 e. The Morgan fingerprint density at radius 3 is 2.32 bits per heavy atom. The van der Waals surface area contributed by atoms with Crippen LogP contribution in [0.3, 0.4) is 0 Å². The number of hydrogen-bond donors (Lipinski definition) is 2. The van der Waals surface area contributed by atoms with Crippen LogP contribution in [0.25, 0.3) is 0 Å². The lowest BCUT2D eigenvalue weighted by Crippen LogP contribution is -2.33. The smallest absolute Gasteiger partial charge is 0.434 e. The third-order valence-electron chi connectivity index (χ3n) is 5.41. The lowest BCUT2D eigenvalue weighted by atomic mass is 10.1. The molecule has 0 aliphatic carbocycles. The van der Waals surface area contributed by atoms with Gasteiger partial charge in [0.2, 0.25) is 11.8 Å². The highest BCUT2D eigenvalue weighted by Gasteiger charge is 2.35. The van der Waals surface area contributed by atoms with Gasteiger partial charge in [0.05, 0.1) is 12.5 Å². The Balaban J connectivity index is 1.47. The predicted octanol–water partition coefficient (Wildman–Crippen LogP) is 3.35. The molecule has 1 heterocycles. The zero-order chi connectivity index (χ0) is 24.7. The summed E-state index contributed by atoms with van der Waals surface area (Å²) < 4.78 is 9.67. The summed E-state index contributed by atoms with van der Waals surface area (Å²) in [6, 6.07) is 13.4. The number of benzene rings is 2. The van der Waals surface area contributed by atoms with Gasteiger partial charge in [-0.15, -0.1) is 0 Å². The van der Waals surface area contributed by atoms with Crippen LogP contribution in [-0.2, 0) is 20.9 Å². The summed E-state index contributed by atoms with van der Waals surface area (Å²) in [7, 11) is 0. The van der Waals surface area contributed by atoms with Crippen LogP contribution < -0.4 is 15.4 Å². The number of carbonyl (C=O) groups is 4. The first-order chi connectivity index (χ1) is 16.3. The second-order valence-electron chi connectivity index (χ2n) is 8.22. The molecule has 2 N–H and O–H groups in total. The summed E-state index contributed by atoms with van der Waals surface area (Å²) in [5.74, 6) is -0.523. The Kier molecular flexibility index (Phi) is 8.24. The van der Waals surface area contributed by atoms with Gasteiger partial charge in [0.1, 0.15) is 5.75 Å². The minimum absolute atomic E-state index is 0.00223. The second-order valence-corrected chi connectivity index (χ2v) is 8.22. The van der Waals surface area contributed by atoms with Gasteiger partial charge in [-0.2, -0.15) is 0 Å². The van der Waals surface area contributed by atoms with E-state index in [2.05, 4.69) is 10.6 Å². The number of anilines is 1. The summed E-state index contributed by atoms with van der Waals surface area (Å²) in [5, 5.41) is 5.68. The van der Waals surface area contributed by atoms with Gasteiger partial charge in [-0.1, -0.05) is 12.1 Å². The van der Waals surface area contributed by atoms with Crippen LogP contribution in [-0.4, -0.2) is 48.0 Å². The van der Waals surface area contributed by atoms with Crippen molar-refractivity contribution in [3.05, 3.63) is 59.7 Å².